The Kier molecular flexibility index (Phi) is 11.5. The Morgan fingerprint density at radius 1 is 1.13 bits per heavy atom. The zero-order valence-electron chi connectivity index (χ0n) is 23.3. The predicted octanol–water partition coefficient (Wildman–Crippen LogP) is 2.45. The minimum absolute atomic E-state index is 0.399. The van der Waals surface area contributed by atoms with Gasteiger partial charge in [0.25, 0.3) is 0 Å². The van der Waals surface area contributed by atoms with Crippen LogP contribution >= 0.6 is 0 Å². The summed E-state index contributed by atoms with van der Waals surface area (Å²) in [4.78, 5) is 65.2. The molecule has 0 saturated heterocycles. The van der Waals surface area contributed by atoms with E-state index in [2.05, 4.69) is 21.9 Å². The molecule has 0 aromatic heterocycles. The second-order valence-electron chi connectivity index (χ2n) is 10.3. The van der Waals surface area contributed by atoms with Crippen LogP contribution in [-0.4, -0.2) is 65.5 Å². The molecule has 11 nitrogen and oxygen atoms in total. The molecule has 0 aliphatic heterocycles. The van der Waals surface area contributed by atoms with E-state index in [0.717, 1.165) is 0 Å². The highest BCUT2D eigenvalue weighted by Crippen LogP contribution is 2.33. The summed E-state index contributed by atoms with van der Waals surface area (Å²) < 4.78 is 9.90. The lowest BCUT2D eigenvalue weighted by Crippen LogP contribution is -2.60. The second-order valence-corrected chi connectivity index (χ2v) is 10.3. The van der Waals surface area contributed by atoms with Crippen molar-refractivity contribution in [1.82, 2.24) is 15.5 Å². The molecule has 0 fully saturated rings. The van der Waals surface area contributed by atoms with Crippen LogP contribution in [0.3, 0.4) is 0 Å². The number of alkyl carbamates (subject to hydrolysis) is 1. The van der Waals surface area contributed by atoms with Crippen LogP contribution in [0.4, 0.5) is 4.79 Å². The monoisotopic (exact) mass is 532 g/mol. The summed E-state index contributed by atoms with van der Waals surface area (Å²) in [6.45, 7) is 13.6. The quantitative estimate of drug-likeness (QED) is 0.349. The smallest absolute Gasteiger partial charge is 0.408 e. The number of ether oxygens (including phenoxy) is 2. The maximum atomic E-state index is 14.1. The second kappa shape index (κ2) is 13.6. The van der Waals surface area contributed by atoms with Crippen molar-refractivity contribution in [2.24, 2.45) is 5.73 Å². The first-order valence-electron chi connectivity index (χ1n) is 12.2. The Balaban J connectivity index is 3.70. The summed E-state index contributed by atoms with van der Waals surface area (Å²) >= 11 is 0. The number of hydrogen-bond donors (Lipinski definition) is 3. The number of primary amides is 1. The Hall–Kier alpha value is -3.89. The van der Waals surface area contributed by atoms with Crippen LogP contribution in [0.1, 0.15) is 71.6 Å². The number of methoxy groups -OCH3 is 1. The van der Waals surface area contributed by atoms with Crippen molar-refractivity contribution < 1.29 is 33.4 Å². The van der Waals surface area contributed by atoms with Gasteiger partial charge in [-0.25, -0.2) is 4.79 Å². The van der Waals surface area contributed by atoms with Crippen molar-refractivity contribution in [3.05, 3.63) is 42.0 Å². The van der Waals surface area contributed by atoms with Crippen molar-refractivity contribution in [2.45, 2.75) is 77.6 Å². The number of benzene rings is 1. The number of carbonyl (C=O) groups is 5. The van der Waals surface area contributed by atoms with Crippen molar-refractivity contribution in [3.8, 4) is 0 Å². The molecule has 0 radical (unpaired) electrons. The summed E-state index contributed by atoms with van der Waals surface area (Å²) in [7, 11) is 1.19. The third kappa shape index (κ3) is 9.53. The number of carbonyl (C=O) groups excluding carboxylic acids is 5. The third-order valence-corrected chi connectivity index (χ3v) is 5.75. The molecule has 4 N–H and O–H groups in total. The Labute approximate surface area is 224 Å². The number of rotatable bonds is 12. The van der Waals surface area contributed by atoms with Gasteiger partial charge in [0.05, 0.1) is 13.5 Å². The van der Waals surface area contributed by atoms with E-state index < -0.39 is 66.0 Å². The van der Waals surface area contributed by atoms with Crippen LogP contribution in [0, 0.1) is 0 Å². The van der Waals surface area contributed by atoms with E-state index in [9.17, 15) is 24.0 Å². The van der Waals surface area contributed by atoms with Gasteiger partial charge < -0.3 is 30.7 Å². The van der Waals surface area contributed by atoms with Gasteiger partial charge >= 0.3 is 12.1 Å². The van der Waals surface area contributed by atoms with Crippen LogP contribution in [0.15, 0.2) is 30.8 Å². The molecule has 1 aromatic rings. The number of hydrogen-bond acceptors (Lipinski definition) is 7. The fourth-order valence-corrected chi connectivity index (χ4v) is 3.57. The molecule has 38 heavy (non-hydrogen) atoms. The Morgan fingerprint density at radius 3 is 2.26 bits per heavy atom. The minimum atomic E-state index is -1.42. The minimum Gasteiger partial charge on any atom is -0.468 e. The summed E-state index contributed by atoms with van der Waals surface area (Å²) in [5, 5.41) is 4.95. The average molecular weight is 533 g/mol. The molecular formula is C27H40N4O7. The van der Waals surface area contributed by atoms with E-state index >= 15 is 0 Å². The molecule has 0 heterocycles. The molecular weight excluding hydrogens is 492 g/mol. The molecule has 2 atom stereocenters. The fourth-order valence-electron chi connectivity index (χ4n) is 3.57. The first kappa shape index (κ1) is 32.1. The van der Waals surface area contributed by atoms with Gasteiger partial charge in [-0.3, -0.25) is 19.2 Å². The standard InChI is InChI=1S/C27H40N4O7/c1-9-17-12-11-13-18(14-17)22(23(34)29-16-21(33)37-8)31(27(6,7)10-2)24(35)19(15-20(28)32)30-25(36)38-26(3,4)5/h9,11-14,19,22H,1,10,15-16H2,2-8H3,(H2,28,32)(H,29,34)(H,30,36). The van der Waals surface area contributed by atoms with Crippen molar-refractivity contribution in [1.29, 1.82) is 0 Å². The van der Waals surface area contributed by atoms with Crippen LogP contribution in [0.2, 0.25) is 0 Å². The average Bonchev–Trinajstić information content (AvgIpc) is 2.83. The van der Waals surface area contributed by atoms with Gasteiger partial charge in [-0.2, -0.15) is 0 Å². The Morgan fingerprint density at radius 2 is 1.76 bits per heavy atom. The van der Waals surface area contributed by atoms with E-state index in [1.54, 1.807) is 65.0 Å². The molecule has 0 aliphatic carbocycles. The number of amides is 4. The molecule has 1 aromatic carbocycles. The number of nitrogens with one attached hydrogen (secondary N) is 2. The van der Waals surface area contributed by atoms with Crippen LogP contribution in [-0.2, 0) is 28.7 Å². The zero-order chi connectivity index (χ0) is 29.3. The van der Waals surface area contributed by atoms with E-state index in [1.165, 1.54) is 12.0 Å². The van der Waals surface area contributed by atoms with Crippen molar-refractivity contribution in [3.63, 3.8) is 0 Å². The van der Waals surface area contributed by atoms with Gasteiger partial charge in [-0.15, -0.1) is 0 Å². The van der Waals surface area contributed by atoms with Gasteiger partial charge in [-0.05, 0) is 58.2 Å². The summed E-state index contributed by atoms with van der Waals surface area (Å²) in [6, 6.07) is 4.15. The summed E-state index contributed by atoms with van der Waals surface area (Å²) in [5.74, 6) is -2.91. The predicted molar refractivity (Wildman–Crippen MR) is 142 cm³/mol. The zero-order valence-corrected chi connectivity index (χ0v) is 23.3. The van der Waals surface area contributed by atoms with E-state index in [-0.39, 0.29) is 0 Å². The van der Waals surface area contributed by atoms with Gasteiger partial charge in [-0.1, -0.05) is 37.8 Å². The van der Waals surface area contributed by atoms with Crippen molar-refractivity contribution in [2.75, 3.05) is 13.7 Å². The molecule has 0 bridgehead atoms. The molecule has 1 rings (SSSR count). The SMILES string of the molecule is C=Cc1cccc(C(C(=O)NCC(=O)OC)N(C(=O)C(CC(N)=O)NC(=O)OC(C)(C)C)C(C)(C)CC)c1. The molecule has 0 aliphatic rings. The molecule has 0 spiro atoms. The van der Waals surface area contributed by atoms with Crippen LogP contribution in [0.5, 0.6) is 0 Å². The van der Waals surface area contributed by atoms with E-state index in [1.807, 2.05) is 6.92 Å². The molecule has 210 valence electrons. The topological polar surface area (TPSA) is 157 Å². The van der Waals surface area contributed by atoms with Crippen LogP contribution < -0.4 is 16.4 Å². The summed E-state index contributed by atoms with van der Waals surface area (Å²) in [6.07, 6.45) is 0.532. The highest BCUT2D eigenvalue weighted by molar-refractivity contribution is 5.95. The number of nitrogens with zero attached hydrogens (tertiary/aromatic N) is 1. The molecule has 2 unspecified atom stereocenters. The lowest BCUT2D eigenvalue weighted by atomic mass is 9.91. The first-order chi connectivity index (χ1) is 17.6. The van der Waals surface area contributed by atoms with E-state index in [0.29, 0.717) is 17.5 Å². The van der Waals surface area contributed by atoms with Crippen LogP contribution in [0.25, 0.3) is 6.08 Å². The lowest BCUT2D eigenvalue weighted by Gasteiger charge is -2.44. The number of nitrogens with two attached hydrogens (primary N) is 1. The van der Waals surface area contributed by atoms with Gasteiger partial charge in [0, 0.05) is 5.54 Å². The highest BCUT2D eigenvalue weighted by Gasteiger charge is 2.43. The normalized spacial score (nSPS) is 12.9. The first-order valence-corrected chi connectivity index (χ1v) is 12.2. The highest BCUT2D eigenvalue weighted by atomic mass is 16.6. The largest absolute Gasteiger partial charge is 0.468 e. The molecule has 0 saturated carbocycles. The number of esters is 1. The van der Waals surface area contributed by atoms with Gasteiger partial charge in [0.2, 0.25) is 17.7 Å². The molecule has 11 heteroatoms. The van der Waals surface area contributed by atoms with Crippen molar-refractivity contribution >= 4 is 35.9 Å². The fraction of sp³-hybridized carbons (Fsp3) is 0.519. The van der Waals surface area contributed by atoms with Gasteiger partial charge in [0.1, 0.15) is 24.2 Å². The summed E-state index contributed by atoms with van der Waals surface area (Å²) in [5.41, 5.74) is 4.70. The maximum Gasteiger partial charge on any atom is 0.408 e. The lowest BCUT2D eigenvalue weighted by molar-refractivity contribution is -0.150. The Bertz CT molecular complexity index is 1050. The molecule has 4 amide bonds. The van der Waals surface area contributed by atoms with E-state index in [4.69, 9.17) is 10.5 Å². The van der Waals surface area contributed by atoms with Gasteiger partial charge in [0.15, 0.2) is 0 Å². The third-order valence-electron chi connectivity index (χ3n) is 5.75. The maximum absolute atomic E-state index is 14.1.